The quantitative estimate of drug-likeness (QED) is 0.230. The van der Waals surface area contributed by atoms with Crippen LogP contribution in [0, 0.1) is 23.2 Å². The van der Waals surface area contributed by atoms with E-state index >= 15 is 0 Å². The molecule has 0 unspecified atom stereocenters. The predicted molar refractivity (Wildman–Crippen MR) is 181 cm³/mol. The number of hydrogen-bond acceptors (Lipinski definition) is 8. The van der Waals surface area contributed by atoms with Gasteiger partial charge in [0, 0.05) is 25.0 Å². The predicted octanol–water partition coefficient (Wildman–Crippen LogP) is 2.45. The molecule has 2 heterocycles. The number of carbonyl (C=O) groups is 6. The maximum atomic E-state index is 14.6. The summed E-state index contributed by atoms with van der Waals surface area (Å²) in [6.07, 6.45) is 13.9. The largest absolute Gasteiger partial charge is 0.347 e. The van der Waals surface area contributed by atoms with Crippen LogP contribution >= 0.6 is 0 Å². The highest BCUT2D eigenvalue weighted by Crippen LogP contribution is 2.43. The van der Waals surface area contributed by atoms with Crippen molar-refractivity contribution >= 4 is 35.3 Å². The van der Waals surface area contributed by atoms with Crippen molar-refractivity contribution in [3.05, 3.63) is 24.3 Å². The molecule has 6 atom stereocenters. The van der Waals surface area contributed by atoms with Crippen molar-refractivity contribution in [1.29, 1.82) is 0 Å². The number of ketones is 1. The van der Waals surface area contributed by atoms with Crippen LogP contribution in [0.1, 0.15) is 115 Å². The van der Waals surface area contributed by atoms with Gasteiger partial charge in [-0.2, -0.15) is 0 Å². The highest BCUT2D eigenvalue weighted by atomic mass is 16.2. The van der Waals surface area contributed by atoms with Crippen molar-refractivity contribution in [1.82, 2.24) is 36.1 Å². The third-order valence-electron chi connectivity index (χ3n) is 10.7. The molecule has 4 aliphatic rings. The van der Waals surface area contributed by atoms with Crippen molar-refractivity contribution < 1.29 is 28.8 Å². The lowest BCUT2D eigenvalue weighted by Gasteiger charge is -2.38. The molecule has 268 valence electrons. The number of carbonyl (C=O) groups excluding carboxylic acids is 6. The van der Waals surface area contributed by atoms with Gasteiger partial charge in [-0.25, -0.2) is 4.98 Å². The summed E-state index contributed by atoms with van der Waals surface area (Å²) in [5.74, 6) is -3.20. The highest BCUT2D eigenvalue weighted by molar-refractivity contribution is 6.38. The summed E-state index contributed by atoms with van der Waals surface area (Å²) in [6, 6.07) is -3.68. The van der Waals surface area contributed by atoms with Crippen molar-refractivity contribution in [3.8, 4) is 0 Å². The molecule has 1 saturated heterocycles. The molecular formula is C36H53N7O6. The van der Waals surface area contributed by atoms with Gasteiger partial charge in [0.2, 0.25) is 23.5 Å². The number of nitrogens with one attached hydrogen (secondary N) is 4. The van der Waals surface area contributed by atoms with Crippen molar-refractivity contribution in [2.45, 2.75) is 135 Å². The molecule has 4 N–H and O–H groups in total. The fourth-order valence-electron chi connectivity index (χ4n) is 7.87. The zero-order chi connectivity index (χ0) is 35.3. The Morgan fingerprint density at radius 3 is 2.27 bits per heavy atom. The van der Waals surface area contributed by atoms with Crippen LogP contribution in [0.5, 0.6) is 0 Å². The minimum atomic E-state index is -0.994. The lowest BCUT2D eigenvalue weighted by Crippen LogP contribution is -2.62. The molecule has 0 bridgehead atoms. The monoisotopic (exact) mass is 679 g/mol. The fourth-order valence-corrected chi connectivity index (χ4v) is 7.87. The molecule has 0 aromatic carbocycles. The number of likely N-dealkylation sites (tertiary alicyclic amines) is 1. The normalized spacial score (nSPS) is 24.2. The van der Waals surface area contributed by atoms with Gasteiger partial charge in [-0.1, -0.05) is 59.8 Å². The Hall–Kier alpha value is -3.90. The smallest absolute Gasteiger partial charge is 0.289 e. The third kappa shape index (κ3) is 8.83. The lowest BCUT2D eigenvalue weighted by molar-refractivity contribution is -0.146. The van der Waals surface area contributed by atoms with E-state index in [1.165, 1.54) is 18.6 Å². The second-order valence-electron chi connectivity index (χ2n) is 15.5. The van der Waals surface area contributed by atoms with Crippen LogP contribution in [0.4, 0.5) is 0 Å². The van der Waals surface area contributed by atoms with E-state index in [0.29, 0.717) is 19.4 Å². The fraction of sp³-hybridized carbons (Fsp3) is 0.722. The summed E-state index contributed by atoms with van der Waals surface area (Å²) >= 11 is 0. The van der Waals surface area contributed by atoms with E-state index in [2.05, 4.69) is 31.2 Å². The van der Waals surface area contributed by atoms with Gasteiger partial charge in [0.1, 0.15) is 23.8 Å². The number of hydrogen-bond donors (Lipinski definition) is 4. The molecule has 3 aliphatic carbocycles. The Morgan fingerprint density at radius 2 is 1.63 bits per heavy atom. The number of rotatable bonds is 13. The molecule has 0 radical (unpaired) electrons. The summed E-state index contributed by atoms with van der Waals surface area (Å²) in [5, 5.41) is 11.5. The van der Waals surface area contributed by atoms with Crippen molar-refractivity contribution in [3.63, 3.8) is 0 Å². The topological polar surface area (TPSA) is 180 Å². The standard InChI is InChI=1S/C36H53N7O6/c1-5-10-25(29(44)34(48)39-23-15-16-23)40-33(47)28-24-14-9-13-22(24)20-43(28)35(49)30(36(2,3)4)42-32(46)27(21-11-7-6-8-12-21)41-31(45)26-19-37-17-18-38-26/h17-19,21-25,27-28,30H,5-16,20H2,1-4H3,(H,39,48)(H,40,47)(H,41,45)(H,42,46)/t22-,24+,25+,27-,28-,30-/m0/s1. The van der Waals surface area contributed by atoms with Gasteiger partial charge in [0.05, 0.1) is 12.2 Å². The minimum Gasteiger partial charge on any atom is -0.347 e. The van der Waals surface area contributed by atoms with Crippen LogP contribution in [-0.4, -0.2) is 86.9 Å². The van der Waals surface area contributed by atoms with E-state index < -0.39 is 59.0 Å². The molecule has 0 spiro atoms. The molecule has 4 fully saturated rings. The molecule has 13 heteroatoms. The number of fused-ring (bicyclic) bond motifs is 1. The van der Waals surface area contributed by atoms with Crippen LogP contribution in [0.15, 0.2) is 18.6 Å². The zero-order valence-electron chi connectivity index (χ0n) is 29.3. The molecule has 3 saturated carbocycles. The van der Waals surface area contributed by atoms with Gasteiger partial charge in [0.15, 0.2) is 0 Å². The molecule has 1 aromatic rings. The number of nitrogens with zero attached hydrogens (tertiary/aromatic N) is 3. The second kappa shape index (κ2) is 15.8. The van der Waals surface area contributed by atoms with E-state index in [9.17, 15) is 28.8 Å². The SMILES string of the molecule is CCC[C@@H](NC(=O)[C@@H]1[C@@H]2CCC[C@H]2CN1C(=O)[C@H](NC(=O)[C@@H](NC(=O)c1cnccn1)C1CCCCC1)C(C)(C)C)C(=O)C(=O)NC1CC1. The molecular weight excluding hydrogens is 626 g/mol. The first kappa shape index (κ1) is 36.4. The Kier molecular flexibility index (Phi) is 11.7. The summed E-state index contributed by atoms with van der Waals surface area (Å²) in [6.45, 7) is 7.85. The van der Waals surface area contributed by atoms with E-state index in [4.69, 9.17) is 0 Å². The van der Waals surface area contributed by atoms with E-state index in [1.54, 1.807) is 4.90 Å². The average Bonchev–Trinajstić information content (AvgIpc) is 3.65. The van der Waals surface area contributed by atoms with Gasteiger partial charge < -0.3 is 26.2 Å². The third-order valence-corrected chi connectivity index (χ3v) is 10.7. The molecule has 5 rings (SSSR count). The average molecular weight is 680 g/mol. The summed E-state index contributed by atoms with van der Waals surface area (Å²) in [4.78, 5) is 91.4. The first-order valence-corrected chi connectivity index (χ1v) is 18.2. The number of amides is 5. The molecule has 5 amide bonds. The first-order chi connectivity index (χ1) is 23.4. The maximum Gasteiger partial charge on any atom is 0.289 e. The summed E-state index contributed by atoms with van der Waals surface area (Å²) in [5.41, 5.74) is -0.638. The van der Waals surface area contributed by atoms with Gasteiger partial charge in [-0.3, -0.25) is 33.8 Å². The van der Waals surface area contributed by atoms with Crippen LogP contribution in [0.25, 0.3) is 0 Å². The van der Waals surface area contributed by atoms with Crippen LogP contribution in [-0.2, 0) is 24.0 Å². The highest BCUT2D eigenvalue weighted by Gasteiger charge is 2.52. The van der Waals surface area contributed by atoms with E-state index in [0.717, 1.165) is 64.2 Å². The molecule has 1 aliphatic heterocycles. The van der Waals surface area contributed by atoms with E-state index in [1.807, 2.05) is 27.7 Å². The maximum absolute atomic E-state index is 14.6. The zero-order valence-corrected chi connectivity index (χ0v) is 29.3. The van der Waals surface area contributed by atoms with Gasteiger partial charge in [0.25, 0.3) is 11.8 Å². The molecule has 1 aromatic heterocycles. The van der Waals surface area contributed by atoms with Crippen LogP contribution < -0.4 is 21.3 Å². The van der Waals surface area contributed by atoms with E-state index in [-0.39, 0.29) is 35.4 Å². The summed E-state index contributed by atoms with van der Waals surface area (Å²) in [7, 11) is 0. The molecule has 13 nitrogen and oxygen atoms in total. The molecule has 49 heavy (non-hydrogen) atoms. The van der Waals surface area contributed by atoms with Crippen molar-refractivity contribution in [2.75, 3.05) is 6.54 Å². The Bertz CT molecular complexity index is 1390. The Morgan fingerprint density at radius 1 is 0.898 bits per heavy atom. The Labute approximate surface area is 288 Å². The van der Waals surface area contributed by atoms with Crippen LogP contribution in [0.2, 0.25) is 0 Å². The van der Waals surface area contributed by atoms with Crippen molar-refractivity contribution in [2.24, 2.45) is 23.2 Å². The number of Topliss-reactive ketones (excluding diaryl/α,β-unsaturated/α-hetero) is 1. The lowest BCUT2D eigenvalue weighted by atomic mass is 9.82. The van der Waals surface area contributed by atoms with Gasteiger partial charge in [-0.05, 0) is 68.1 Å². The van der Waals surface area contributed by atoms with Gasteiger partial charge >= 0.3 is 0 Å². The number of aromatic nitrogens is 2. The van der Waals surface area contributed by atoms with Crippen LogP contribution in [0.3, 0.4) is 0 Å². The second-order valence-corrected chi connectivity index (χ2v) is 15.5. The first-order valence-electron chi connectivity index (χ1n) is 18.2. The summed E-state index contributed by atoms with van der Waals surface area (Å²) < 4.78 is 0. The van der Waals surface area contributed by atoms with Gasteiger partial charge in [-0.15, -0.1) is 0 Å². The Balaban J connectivity index is 1.36. The minimum absolute atomic E-state index is 0.0132.